The number of benzene rings is 1. The lowest BCUT2D eigenvalue weighted by Crippen LogP contribution is -2.60. The fourth-order valence-electron chi connectivity index (χ4n) is 6.00. The molecule has 1 aromatic carbocycles. The van der Waals surface area contributed by atoms with Gasteiger partial charge in [-0.3, -0.25) is 14.5 Å². The van der Waals surface area contributed by atoms with E-state index in [0.717, 1.165) is 37.6 Å². The molecule has 2 amide bonds. The number of rotatable bonds is 10. The van der Waals surface area contributed by atoms with Crippen molar-refractivity contribution in [2.45, 2.75) is 89.9 Å². The molecule has 1 saturated heterocycles. The lowest BCUT2D eigenvalue weighted by Gasteiger charge is -2.47. The van der Waals surface area contributed by atoms with Gasteiger partial charge < -0.3 is 15.7 Å². The van der Waals surface area contributed by atoms with E-state index < -0.39 is 33.8 Å². The SMILES string of the molecule is C[C@@H](CS(C)(=O)=O)C(=O)N[C@@H](Cc1ccccc1)[C@H](O)CN1C[C@H]2CCCC[C@H]2C[C@@H]1C(=O)NC(C)(C)C. The number of carbonyl (C=O) groups excluding carboxylic acids is 2. The number of hydrogen-bond acceptors (Lipinski definition) is 6. The van der Waals surface area contributed by atoms with E-state index in [4.69, 9.17) is 0 Å². The number of hydrogen-bond donors (Lipinski definition) is 3. The Morgan fingerprint density at radius 3 is 2.34 bits per heavy atom. The van der Waals surface area contributed by atoms with Gasteiger partial charge in [-0.2, -0.15) is 0 Å². The maximum atomic E-state index is 13.4. The molecule has 0 unspecified atom stereocenters. The Bertz CT molecular complexity index is 1040. The smallest absolute Gasteiger partial charge is 0.237 e. The van der Waals surface area contributed by atoms with E-state index >= 15 is 0 Å². The first kappa shape index (κ1) is 30.6. The summed E-state index contributed by atoms with van der Waals surface area (Å²) in [6.07, 6.45) is 6.04. The first-order chi connectivity index (χ1) is 17.7. The van der Waals surface area contributed by atoms with Gasteiger partial charge in [0.25, 0.3) is 0 Å². The molecule has 3 rings (SSSR count). The Hall–Kier alpha value is -1.97. The summed E-state index contributed by atoms with van der Waals surface area (Å²) < 4.78 is 23.5. The molecule has 2 fully saturated rings. The van der Waals surface area contributed by atoms with Crippen LogP contribution in [0.3, 0.4) is 0 Å². The zero-order chi connectivity index (χ0) is 28.1. The maximum Gasteiger partial charge on any atom is 0.237 e. The number of fused-ring (bicyclic) bond motifs is 1. The van der Waals surface area contributed by atoms with E-state index in [0.29, 0.717) is 18.3 Å². The highest BCUT2D eigenvalue weighted by Gasteiger charge is 2.41. The number of sulfone groups is 1. The zero-order valence-electron chi connectivity index (χ0n) is 23.7. The van der Waals surface area contributed by atoms with Gasteiger partial charge in [-0.15, -0.1) is 0 Å². The average molecular weight is 550 g/mol. The molecule has 2 aliphatic rings. The Morgan fingerprint density at radius 2 is 1.74 bits per heavy atom. The number of nitrogens with one attached hydrogen (secondary N) is 2. The Morgan fingerprint density at radius 1 is 1.11 bits per heavy atom. The first-order valence-electron chi connectivity index (χ1n) is 14.0. The highest BCUT2D eigenvalue weighted by Crippen LogP contribution is 2.39. The van der Waals surface area contributed by atoms with Gasteiger partial charge >= 0.3 is 0 Å². The minimum Gasteiger partial charge on any atom is -0.390 e. The molecule has 1 aliphatic heterocycles. The van der Waals surface area contributed by atoms with Gasteiger partial charge in [0.2, 0.25) is 11.8 Å². The predicted octanol–water partition coefficient (Wildman–Crippen LogP) is 2.55. The van der Waals surface area contributed by atoms with Crippen LogP contribution in [0.1, 0.15) is 65.4 Å². The summed E-state index contributed by atoms with van der Waals surface area (Å²) in [5, 5.41) is 17.6. The number of piperidine rings is 1. The van der Waals surface area contributed by atoms with Crippen molar-refractivity contribution in [1.82, 2.24) is 15.5 Å². The third-order valence-corrected chi connectivity index (χ3v) is 8.92. The Balaban J connectivity index is 1.80. The summed E-state index contributed by atoms with van der Waals surface area (Å²) in [4.78, 5) is 28.5. The Kier molecular flexibility index (Phi) is 10.4. The van der Waals surface area contributed by atoms with Crippen LogP contribution in [0, 0.1) is 17.8 Å². The van der Waals surface area contributed by atoms with Crippen LogP contribution in [0.2, 0.25) is 0 Å². The topological polar surface area (TPSA) is 116 Å². The molecule has 0 aromatic heterocycles. The minimum absolute atomic E-state index is 0.0147. The van der Waals surface area contributed by atoms with E-state index in [1.54, 1.807) is 6.92 Å². The molecule has 38 heavy (non-hydrogen) atoms. The molecular weight excluding hydrogens is 502 g/mol. The monoisotopic (exact) mass is 549 g/mol. The van der Waals surface area contributed by atoms with Crippen molar-refractivity contribution in [3.8, 4) is 0 Å². The fourth-order valence-corrected chi connectivity index (χ4v) is 7.06. The average Bonchev–Trinajstić information content (AvgIpc) is 2.81. The van der Waals surface area contributed by atoms with E-state index in [1.165, 1.54) is 12.8 Å². The zero-order valence-corrected chi connectivity index (χ0v) is 24.5. The summed E-state index contributed by atoms with van der Waals surface area (Å²) in [6.45, 7) is 8.51. The molecule has 0 radical (unpaired) electrons. The summed E-state index contributed by atoms with van der Waals surface area (Å²) >= 11 is 0. The highest BCUT2D eigenvalue weighted by molar-refractivity contribution is 7.90. The van der Waals surface area contributed by atoms with Gasteiger partial charge in [0, 0.05) is 30.8 Å². The van der Waals surface area contributed by atoms with E-state index in [2.05, 4.69) is 15.5 Å². The summed E-state index contributed by atoms with van der Waals surface area (Å²) in [5.41, 5.74) is 0.602. The van der Waals surface area contributed by atoms with Crippen molar-refractivity contribution >= 4 is 21.7 Å². The summed E-state index contributed by atoms with van der Waals surface area (Å²) in [5.74, 6) is -0.380. The number of aliphatic hydroxyl groups excluding tert-OH is 1. The van der Waals surface area contributed by atoms with Crippen LogP contribution < -0.4 is 10.6 Å². The molecule has 0 spiro atoms. The quantitative estimate of drug-likeness (QED) is 0.413. The number of aliphatic hydroxyl groups is 1. The summed E-state index contributed by atoms with van der Waals surface area (Å²) in [7, 11) is -3.33. The second-order valence-corrected chi connectivity index (χ2v) is 14.8. The van der Waals surface area contributed by atoms with Gasteiger partial charge in [0.05, 0.1) is 23.9 Å². The predicted molar refractivity (Wildman–Crippen MR) is 150 cm³/mol. The van der Waals surface area contributed by atoms with Crippen LogP contribution in [0.5, 0.6) is 0 Å². The molecule has 3 N–H and O–H groups in total. The summed E-state index contributed by atoms with van der Waals surface area (Å²) in [6, 6.07) is 8.66. The van der Waals surface area contributed by atoms with Crippen molar-refractivity contribution < 1.29 is 23.1 Å². The second-order valence-electron chi connectivity index (χ2n) is 12.6. The van der Waals surface area contributed by atoms with Crippen molar-refractivity contribution in [2.24, 2.45) is 17.8 Å². The number of nitrogens with zero attached hydrogens (tertiary/aromatic N) is 1. The van der Waals surface area contributed by atoms with Crippen molar-refractivity contribution in [1.29, 1.82) is 0 Å². The fraction of sp³-hybridized carbons (Fsp3) is 0.724. The van der Waals surface area contributed by atoms with Gasteiger partial charge in [-0.1, -0.05) is 56.5 Å². The van der Waals surface area contributed by atoms with E-state index in [-0.39, 0.29) is 29.8 Å². The number of β-amino-alcohol motifs (C(OH)–C–C–N with tert-alkyl or cyclic N) is 1. The van der Waals surface area contributed by atoms with Crippen LogP contribution in [-0.4, -0.2) is 79.1 Å². The lowest BCUT2D eigenvalue weighted by molar-refractivity contribution is -0.133. The minimum atomic E-state index is -3.33. The van der Waals surface area contributed by atoms with Gasteiger partial charge in [0.15, 0.2) is 0 Å². The molecule has 1 aromatic rings. The molecule has 1 saturated carbocycles. The lowest BCUT2D eigenvalue weighted by atomic mass is 9.72. The van der Waals surface area contributed by atoms with Crippen LogP contribution in [0.25, 0.3) is 0 Å². The Labute approximate surface area is 228 Å². The van der Waals surface area contributed by atoms with Crippen molar-refractivity contribution in [3.05, 3.63) is 35.9 Å². The molecule has 1 aliphatic carbocycles. The maximum absolute atomic E-state index is 13.4. The van der Waals surface area contributed by atoms with Crippen molar-refractivity contribution in [3.63, 3.8) is 0 Å². The first-order valence-corrected chi connectivity index (χ1v) is 16.0. The normalized spacial score (nSPS) is 25.1. The van der Waals surface area contributed by atoms with E-state index in [9.17, 15) is 23.1 Å². The van der Waals surface area contributed by atoms with E-state index in [1.807, 2.05) is 51.1 Å². The van der Waals surface area contributed by atoms with Crippen LogP contribution >= 0.6 is 0 Å². The molecule has 8 nitrogen and oxygen atoms in total. The molecule has 1 heterocycles. The number of amides is 2. The third-order valence-electron chi connectivity index (χ3n) is 7.82. The molecule has 214 valence electrons. The standard InChI is InChI=1S/C29H47N3O5S/c1-20(19-38(5,36)37)27(34)30-24(15-21-11-7-6-8-12-21)26(33)18-32-17-23-14-10-9-13-22(23)16-25(32)28(35)31-29(2,3)4/h6-8,11-12,20,22-26,33H,9-10,13-19H2,1-5H3,(H,30,34)(H,31,35)/t20-,22-,23+,24-,25+,26+/m0/s1. The van der Waals surface area contributed by atoms with Crippen LogP contribution in [0.15, 0.2) is 30.3 Å². The van der Waals surface area contributed by atoms with Crippen LogP contribution in [-0.2, 0) is 25.8 Å². The third kappa shape index (κ3) is 9.35. The van der Waals surface area contributed by atoms with Crippen molar-refractivity contribution in [2.75, 3.05) is 25.1 Å². The second kappa shape index (κ2) is 12.9. The molecule has 0 bridgehead atoms. The van der Waals surface area contributed by atoms with Gasteiger partial charge in [0.1, 0.15) is 9.84 Å². The van der Waals surface area contributed by atoms with Crippen LogP contribution in [0.4, 0.5) is 0 Å². The van der Waals surface area contributed by atoms with Gasteiger partial charge in [-0.25, -0.2) is 8.42 Å². The largest absolute Gasteiger partial charge is 0.390 e. The molecule has 6 atom stereocenters. The highest BCUT2D eigenvalue weighted by atomic mass is 32.2. The molecule has 9 heteroatoms. The van der Waals surface area contributed by atoms with Gasteiger partial charge in [-0.05, 0) is 57.4 Å². The molecular formula is C29H47N3O5S. The number of likely N-dealkylation sites (tertiary alicyclic amines) is 1. The number of carbonyl (C=O) groups is 2.